The predicted molar refractivity (Wildman–Crippen MR) is 63.0 cm³/mol. The van der Waals surface area contributed by atoms with Crippen molar-refractivity contribution < 1.29 is 9.18 Å². The fourth-order valence-corrected chi connectivity index (χ4v) is 1.60. The van der Waals surface area contributed by atoms with Crippen LogP contribution in [0.2, 0.25) is 5.02 Å². The van der Waals surface area contributed by atoms with Crippen molar-refractivity contribution in [2.45, 2.75) is 32.2 Å². The number of Topliss-reactive ketones (excluding diaryl/α,β-unsaturated/α-hetero) is 1. The van der Waals surface area contributed by atoms with Crippen LogP contribution in [0.3, 0.4) is 0 Å². The first-order valence-corrected chi connectivity index (χ1v) is 5.62. The molecule has 2 nitrogen and oxygen atoms in total. The largest absolute Gasteiger partial charge is 0.327 e. The van der Waals surface area contributed by atoms with Crippen LogP contribution < -0.4 is 5.73 Å². The van der Waals surface area contributed by atoms with Gasteiger partial charge in [-0.2, -0.15) is 0 Å². The minimum absolute atomic E-state index is 0.0122. The highest BCUT2D eigenvalue weighted by Crippen LogP contribution is 2.20. The maximum absolute atomic E-state index is 13.1. The van der Waals surface area contributed by atoms with Gasteiger partial charge in [-0.15, -0.1) is 0 Å². The molecule has 0 amide bonds. The topological polar surface area (TPSA) is 43.1 Å². The highest BCUT2D eigenvalue weighted by Gasteiger charge is 2.12. The van der Waals surface area contributed by atoms with E-state index in [4.69, 9.17) is 17.3 Å². The second-order valence-corrected chi connectivity index (χ2v) is 4.18. The van der Waals surface area contributed by atoms with Gasteiger partial charge in [0.15, 0.2) is 0 Å². The molecular formula is C12H15ClFNO. The minimum Gasteiger partial charge on any atom is -0.327 e. The molecule has 16 heavy (non-hydrogen) atoms. The normalized spacial score (nSPS) is 12.5. The smallest absolute Gasteiger partial charge is 0.142 e. The highest BCUT2D eigenvalue weighted by molar-refractivity contribution is 6.31. The van der Waals surface area contributed by atoms with E-state index in [-0.39, 0.29) is 23.3 Å². The van der Waals surface area contributed by atoms with Gasteiger partial charge in [0.05, 0.1) is 5.02 Å². The molecule has 0 radical (unpaired) electrons. The first kappa shape index (κ1) is 13.1. The monoisotopic (exact) mass is 243 g/mol. The zero-order valence-electron chi connectivity index (χ0n) is 9.17. The van der Waals surface area contributed by atoms with Gasteiger partial charge in [0.25, 0.3) is 0 Å². The molecule has 1 atom stereocenters. The van der Waals surface area contributed by atoms with Crippen LogP contribution in [0.1, 0.15) is 25.3 Å². The molecule has 0 bridgehead atoms. The Kier molecular flexibility index (Phi) is 4.90. The van der Waals surface area contributed by atoms with Crippen molar-refractivity contribution in [3.8, 4) is 0 Å². The Balaban J connectivity index is 2.66. The number of benzene rings is 1. The second-order valence-electron chi connectivity index (χ2n) is 3.80. The Morgan fingerprint density at radius 1 is 1.56 bits per heavy atom. The molecular weight excluding hydrogens is 229 g/mol. The second kappa shape index (κ2) is 5.97. The maximum Gasteiger partial charge on any atom is 0.142 e. The highest BCUT2D eigenvalue weighted by atomic mass is 35.5. The van der Waals surface area contributed by atoms with Gasteiger partial charge >= 0.3 is 0 Å². The van der Waals surface area contributed by atoms with E-state index in [9.17, 15) is 9.18 Å². The molecule has 1 unspecified atom stereocenters. The van der Waals surface area contributed by atoms with Crippen LogP contribution in [0.25, 0.3) is 0 Å². The molecule has 1 rings (SSSR count). The third-order valence-corrected chi connectivity index (χ3v) is 2.86. The zero-order chi connectivity index (χ0) is 12.1. The molecule has 0 saturated heterocycles. The summed E-state index contributed by atoms with van der Waals surface area (Å²) < 4.78 is 13.1. The van der Waals surface area contributed by atoms with Crippen molar-refractivity contribution >= 4 is 17.4 Å². The average molecular weight is 244 g/mol. The molecule has 0 aliphatic carbocycles. The van der Waals surface area contributed by atoms with Gasteiger partial charge in [-0.3, -0.25) is 4.79 Å². The van der Waals surface area contributed by atoms with Gasteiger partial charge < -0.3 is 5.73 Å². The van der Waals surface area contributed by atoms with Crippen LogP contribution in [0.15, 0.2) is 18.2 Å². The van der Waals surface area contributed by atoms with Crippen molar-refractivity contribution in [1.29, 1.82) is 0 Å². The van der Waals surface area contributed by atoms with Gasteiger partial charge in [0.2, 0.25) is 0 Å². The van der Waals surface area contributed by atoms with Crippen LogP contribution in [0.4, 0.5) is 4.39 Å². The summed E-state index contributed by atoms with van der Waals surface area (Å²) in [5, 5.41) is 0.0286. The summed E-state index contributed by atoms with van der Waals surface area (Å²) in [5.74, 6) is -0.506. The molecule has 0 aromatic heterocycles. The Bertz CT molecular complexity index is 381. The van der Waals surface area contributed by atoms with Gasteiger partial charge in [-0.25, -0.2) is 4.39 Å². The fourth-order valence-electron chi connectivity index (χ4n) is 1.41. The third kappa shape index (κ3) is 3.58. The van der Waals surface area contributed by atoms with Crippen LogP contribution >= 0.6 is 11.6 Å². The summed E-state index contributed by atoms with van der Waals surface area (Å²) in [7, 11) is 0. The molecule has 88 valence electrons. The summed E-state index contributed by atoms with van der Waals surface area (Å²) >= 11 is 5.75. The van der Waals surface area contributed by atoms with Gasteiger partial charge in [-0.05, 0) is 18.1 Å². The average Bonchev–Trinajstić information content (AvgIpc) is 2.24. The summed E-state index contributed by atoms with van der Waals surface area (Å²) in [6, 6.07) is 4.35. The molecule has 0 fully saturated rings. The third-order valence-electron chi connectivity index (χ3n) is 2.43. The Labute approximate surface area is 99.6 Å². The van der Waals surface area contributed by atoms with Crippen molar-refractivity contribution in [1.82, 2.24) is 0 Å². The van der Waals surface area contributed by atoms with E-state index in [0.29, 0.717) is 12.0 Å². The van der Waals surface area contributed by atoms with Crippen molar-refractivity contribution in [3.05, 3.63) is 34.6 Å². The number of ketones is 1. The molecule has 2 N–H and O–H groups in total. The number of halogens is 2. The predicted octanol–water partition coefficient (Wildman–Crippen LogP) is 2.72. The Morgan fingerprint density at radius 2 is 2.25 bits per heavy atom. The van der Waals surface area contributed by atoms with E-state index >= 15 is 0 Å². The zero-order valence-corrected chi connectivity index (χ0v) is 9.93. The van der Waals surface area contributed by atoms with Crippen LogP contribution in [0, 0.1) is 5.82 Å². The molecule has 1 aromatic rings. The molecule has 4 heteroatoms. The van der Waals surface area contributed by atoms with Gasteiger partial charge in [0.1, 0.15) is 11.6 Å². The lowest BCUT2D eigenvalue weighted by atomic mass is 10.0. The first-order valence-electron chi connectivity index (χ1n) is 5.24. The van der Waals surface area contributed by atoms with E-state index in [1.54, 1.807) is 12.1 Å². The number of carbonyl (C=O) groups excluding carboxylic acids is 1. The number of hydrogen-bond acceptors (Lipinski definition) is 2. The van der Waals surface area contributed by atoms with Crippen molar-refractivity contribution in [2.24, 2.45) is 5.73 Å². The summed E-state index contributed by atoms with van der Waals surface area (Å²) in [6.45, 7) is 1.92. The number of rotatable bonds is 5. The molecule has 0 saturated carbocycles. The Morgan fingerprint density at radius 3 is 2.88 bits per heavy atom. The molecule has 1 aromatic carbocycles. The van der Waals surface area contributed by atoms with Crippen LogP contribution in [0.5, 0.6) is 0 Å². The van der Waals surface area contributed by atoms with Crippen molar-refractivity contribution in [3.63, 3.8) is 0 Å². The number of carbonyl (C=O) groups is 1. The first-order chi connectivity index (χ1) is 7.54. The molecule has 0 aliphatic heterocycles. The Hall–Kier alpha value is -0.930. The molecule has 0 heterocycles. The SMILES string of the molecule is CCC(N)CC(=O)Cc1cccc(F)c1Cl. The van der Waals surface area contributed by atoms with Crippen LogP contribution in [-0.2, 0) is 11.2 Å². The number of nitrogens with two attached hydrogens (primary N) is 1. The fraction of sp³-hybridized carbons (Fsp3) is 0.417. The van der Waals surface area contributed by atoms with Gasteiger partial charge in [-0.1, -0.05) is 30.7 Å². The quantitative estimate of drug-likeness (QED) is 0.864. The lowest BCUT2D eigenvalue weighted by molar-refractivity contribution is -0.118. The van der Waals surface area contributed by atoms with Crippen molar-refractivity contribution in [2.75, 3.05) is 0 Å². The van der Waals surface area contributed by atoms with E-state index in [1.807, 2.05) is 6.92 Å². The summed E-state index contributed by atoms with van der Waals surface area (Å²) in [4.78, 5) is 11.6. The number of hydrogen-bond donors (Lipinski definition) is 1. The van der Waals surface area contributed by atoms with E-state index in [2.05, 4.69) is 0 Å². The molecule has 0 spiro atoms. The lowest BCUT2D eigenvalue weighted by Gasteiger charge is -2.08. The van der Waals surface area contributed by atoms with E-state index in [0.717, 1.165) is 6.42 Å². The van der Waals surface area contributed by atoms with Crippen LogP contribution in [-0.4, -0.2) is 11.8 Å². The van der Waals surface area contributed by atoms with Gasteiger partial charge in [0, 0.05) is 18.9 Å². The van der Waals surface area contributed by atoms with E-state index < -0.39 is 5.82 Å². The summed E-state index contributed by atoms with van der Waals surface area (Å²) in [5.41, 5.74) is 6.19. The standard InChI is InChI=1S/C12H15ClFNO/c1-2-9(15)7-10(16)6-8-4-3-5-11(14)12(8)13/h3-5,9H,2,6-7,15H2,1H3. The molecule has 0 aliphatic rings. The summed E-state index contributed by atoms with van der Waals surface area (Å²) in [6.07, 6.45) is 1.20. The van der Waals surface area contributed by atoms with E-state index in [1.165, 1.54) is 6.07 Å². The maximum atomic E-state index is 13.1. The minimum atomic E-state index is -0.494. The lowest BCUT2D eigenvalue weighted by Crippen LogP contribution is -2.23.